The molecule has 3 aliphatic rings. The lowest BCUT2D eigenvalue weighted by Gasteiger charge is -2.37. The summed E-state index contributed by atoms with van der Waals surface area (Å²) in [6.07, 6.45) is 0.389. The van der Waals surface area contributed by atoms with E-state index in [-0.39, 0.29) is 24.2 Å². The van der Waals surface area contributed by atoms with E-state index in [0.29, 0.717) is 37.6 Å². The number of halogens is 1. The summed E-state index contributed by atoms with van der Waals surface area (Å²) in [6, 6.07) is 4.64. The van der Waals surface area contributed by atoms with Gasteiger partial charge < -0.3 is 29.7 Å². The third kappa shape index (κ3) is 4.38. The summed E-state index contributed by atoms with van der Waals surface area (Å²) in [5, 5.41) is -0.124. The molecule has 2 heterocycles. The standard InChI is InChI=1S/C20H25FN4O5S/c1-28-20(4-5-20)17(26)24-8-6-23(7-9-24)16-3-2-13(10-15(16)21)25-11-14(30-19(25)27)12-29-18(22)31/h2-3,10,14H,4-9,11-12H2,1H3,(H2,22,31)/t14-/m0/s1. The lowest BCUT2D eigenvalue weighted by atomic mass is 10.2. The molecule has 2 amide bonds. The van der Waals surface area contributed by atoms with Gasteiger partial charge in [0.15, 0.2) is 6.10 Å². The number of ether oxygens (including phenoxy) is 3. The van der Waals surface area contributed by atoms with Crippen LogP contribution < -0.4 is 15.5 Å². The Morgan fingerprint density at radius 1 is 1.32 bits per heavy atom. The van der Waals surface area contributed by atoms with Crippen LogP contribution in [0.5, 0.6) is 0 Å². The van der Waals surface area contributed by atoms with Crippen LogP contribution in [0, 0.1) is 5.82 Å². The fourth-order valence-corrected chi connectivity index (χ4v) is 4.04. The van der Waals surface area contributed by atoms with Gasteiger partial charge >= 0.3 is 6.09 Å². The van der Waals surface area contributed by atoms with Gasteiger partial charge in [-0.2, -0.15) is 0 Å². The van der Waals surface area contributed by atoms with Gasteiger partial charge in [-0.3, -0.25) is 9.69 Å². The van der Waals surface area contributed by atoms with E-state index < -0.39 is 23.6 Å². The van der Waals surface area contributed by atoms with Crippen molar-refractivity contribution in [3.05, 3.63) is 24.0 Å². The summed E-state index contributed by atoms with van der Waals surface area (Å²) < 4.78 is 30.5. The Balaban J connectivity index is 1.37. The minimum absolute atomic E-state index is 0.0203. The van der Waals surface area contributed by atoms with Crippen LogP contribution >= 0.6 is 12.2 Å². The quantitative estimate of drug-likeness (QED) is 0.644. The molecule has 1 saturated carbocycles. The van der Waals surface area contributed by atoms with E-state index in [0.717, 1.165) is 12.8 Å². The van der Waals surface area contributed by atoms with E-state index in [9.17, 15) is 14.0 Å². The Morgan fingerprint density at radius 2 is 2.03 bits per heavy atom. The topological polar surface area (TPSA) is 97.6 Å². The number of methoxy groups -OCH3 is 1. The molecule has 0 unspecified atom stereocenters. The van der Waals surface area contributed by atoms with Gasteiger partial charge in [0.2, 0.25) is 0 Å². The first kappa shape index (κ1) is 21.6. The predicted octanol–water partition coefficient (Wildman–Crippen LogP) is 1.24. The van der Waals surface area contributed by atoms with Crippen molar-refractivity contribution >= 4 is 40.8 Å². The third-order valence-electron chi connectivity index (χ3n) is 5.92. The average Bonchev–Trinajstić information content (AvgIpc) is 3.48. The second kappa shape index (κ2) is 8.46. The highest BCUT2D eigenvalue weighted by Gasteiger charge is 2.52. The number of amides is 2. The summed E-state index contributed by atoms with van der Waals surface area (Å²) in [6.45, 7) is 2.31. The van der Waals surface area contributed by atoms with Gasteiger partial charge in [0.1, 0.15) is 18.0 Å². The highest BCUT2D eigenvalue weighted by molar-refractivity contribution is 7.80. The van der Waals surface area contributed by atoms with Gasteiger partial charge in [-0.15, -0.1) is 0 Å². The van der Waals surface area contributed by atoms with Gasteiger partial charge in [-0.05, 0) is 43.3 Å². The molecular weight excluding hydrogens is 427 g/mol. The zero-order valence-corrected chi connectivity index (χ0v) is 18.0. The van der Waals surface area contributed by atoms with Crippen LogP contribution in [0.15, 0.2) is 18.2 Å². The normalized spacial score (nSPS) is 22.3. The molecule has 0 spiro atoms. The number of carbonyl (C=O) groups excluding carboxylic acids is 2. The van der Waals surface area contributed by atoms with Gasteiger partial charge in [0.25, 0.3) is 11.1 Å². The van der Waals surface area contributed by atoms with Crippen LogP contribution in [0.2, 0.25) is 0 Å². The summed E-state index contributed by atoms with van der Waals surface area (Å²) in [4.78, 5) is 29.8. The van der Waals surface area contributed by atoms with Gasteiger partial charge in [-0.25, -0.2) is 9.18 Å². The first-order valence-corrected chi connectivity index (χ1v) is 10.5. The zero-order chi connectivity index (χ0) is 22.2. The summed E-state index contributed by atoms with van der Waals surface area (Å²) >= 11 is 4.64. The summed E-state index contributed by atoms with van der Waals surface area (Å²) in [5.74, 6) is -0.421. The molecule has 1 atom stereocenters. The molecule has 0 bridgehead atoms. The van der Waals surface area contributed by atoms with Crippen LogP contribution in [0.3, 0.4) is 0 Å². The van der Waals surface area contributed by atoms with E-state index >= 15 is 0 Å². The lowest BCUT2D eigenvalue weighted by molar-refractivity contribution is -0.144. The summed E-state index contributed by atoms with van der Waals surface area (Å²) in [5.41, 5.74) is 5.48. The number of hydrogen-bond acceptors (Lipinski definition) is 7. The number of nitrogens with two attached hydrogens (primary N) is 1. The van der Waals surface area contributed by atoms with Crippen molar-refractivity contribution in [1.29, 1.82) is 0 Å². The molecule has 11 heteroatoms. The Bertz CT molecular complexity index is 888. The van der Waals surface area contributed by atoms with Crippen molar-refractivity contribution < 1.29 is 28.2 Å². The van der Waals surface area contributed by atoms with Crippen molar-refractivity contribution in [1.82, 2.24) is 4.90 Å². The summed E-state index contributed by atoms with van der Waals surface area (Å²) in [7, 11) is 1.57. The number of anilines is 2. The zero-order valence-electron chi connectivity index (χ0n) is 17.2. The Kier molecular flexibility index (Phi) is 5.89. The average molecular weight is 453 g/mol. The second-order valence-corrected chi connectivity index (χ2v) is 8.26. The van der Waals surface area contributed by atoms with Crippen molar-refractivity contribution in [2.45, 2.75) is 24.5 Å². The molecule has 2 N–H and O–H groups in total. The Morgan fingerprint density at radius 3 is 2.61 bits per heavy atom. The van der Waals surface area contributed by atoms with Crippen LogP contribution in [-0.4, -0.2) is 80.2 Å². The minimum Gasteiger partial charge on any atom is -0.467 e. The fourth-order valence-electron chi connectivity index (χ4n) is 3.97. The SMILES string of the molecule is COC1(C(=O)N2CCN(c3ccc(N4C[C@@H](COC(N)=S)OC4=O)cc3F)CC2)CC1. The monoisotopic (exact) mass is 452 g/mol. The maximum atomic E-state index is 14.9. The number of rotatable bonds is 6. The Hall–Kier alpha value is -2.66. The maximum absolute atomic E-state index is 14.9. The van der Waals surface area contributed by atoms with Crippen LogP contribution in [0.1, 0.15) is 12.8 Å². The molecule has 0 radical (unpaired) electrons. The molecule has 3 fully saturated rings. The van der Waals surface area contributed by atoms with E-state index in [4.69, 9.17) is 19.9 Å². The van der Waals surface area contributed by atoms with Crippen LogP contribution in [0.4, 0.5) is 20.6 Å². The van der Waals surface area contributed by atoms with E-state index in [1.165, 1.54) is 11.0 Å². The molecule has 4 rings (SSSR count). The lowest BCUT2D eigenvalue weighted by Crippen LogP contribution is -2.52. The van der Waals surface area contributed by atoms with Gasteiger partial charge in [0.05, 0.1) is 17.9 Å². The number of hydrogen-bond donors (Lipinski definition) is 1. The first-order chi connectivity index (χ1) is 14.8. The van der Waals surface area contributed by atoms with Crippen molar-refractivity contribution in [2.24, 2.45) is 5.73 Å². The number of piperazine rings is 1. The molecule has 1 aromatic carbocycles. The highest BCUT2D eigenvalue weighted by atomic mass is 32.1. The first-order valence-electron chi connectivity index (χ1n) is 10.1. The van der Waals surface area contributed by atoms with Crippen molar-refractivity contribution in [3.8, 4) is 0 Å². The number of carbonyl (C=O) groups is 2. The molecule has 0 aromatic heterocycles. The predicted molar refractivity (Wildman–Crippen MR) is 115 cm³/mol. The van der Waals surface area contributed by atoms with Gasteiger partial charge in [-0.1, -0.05) is 0 Å². The molecule has 9 nitrogen and oxygen atoms in total. The van der Waals surface area contributed by atoms with E-state index in [1.807, 2.05) is 4.90 Å². The smallest absolute Gasteiger partial charge is 0.414 e. The molecule has 2 saturated heterocycles. The van der Waals surface area contributed by atoms with E-state index in [1.54, 1.807) is 24.1 Å². The molecule has 31 heavy (non-hydrogen) atoms. The number of cyclic esters (lactones) is 1. The Labute approximate surface area is 184 Å². The minimum atomic E-state index is -0.641. The van der Waals surface area contributed by atoms with E-state index in [2.05, 4.69) is 12.2 Å². The molecule has 1 aromatic rings. The second-order valence-electron chi connectivity index (χ2n) is 7.86. The maximum Gasteiger partial charge on any atom is 0.414 e. The molecular formula is C20H25FN4O5S. The molecule has 2 aliphatic heterocycles. The molecule has 168 valence electrons. The van der Waals surface area contributed by atoms with Crippen molar-refractivity contribution in [3.63, 3.8) is 0 Å². The number of nitrogens with zero attached hydrogens (tertiary/aromatic N) is 3. The van der Waals surface area contributed by atoms with Crippen LogP contribution in [0.25, 0.3) is 0 Å². The third-order valence-corrected chi connectivity index (χ3v) is 6.04. The van der Waals surface area contributed by atoms with Gasteiger partial charge in [0, 0.05) is 33.3 Å². The molecule has 1 aliphatic carbocycles. The fraction of sp³-hybridized carbons (Fsp3) is 0.550. The highest BCUT2D eigenvalue weighted by Crippen LogP contribution is 2.41. The van der Waals surface area contributed by atoms with Crippen LogP contribution in [-0.2, 0) is 19.0 Å². The number of benzene rings is 1. The number of thiocarbonyl (C=S) groups is 1. The van der Waals surface area contributed by atoms with Crippen molar-refractivity contribution in [2.75, 3.05) is 56.2 Å². The largest absolute Gasteiger partial charge is 0.467 e.